The molecule has 1 unspecified atom stereocenters. The first-order chi connectivity index (χ1) is 14.0. The van der Waals surface area contributed by atoms with Crippen molar-refractivity contribution in [3.05, 3.63) is 65.2 Å². The van der Waals surface area contributed by atoms with Crippen molar-refractivity contribution >= 4 is 21.5 Å². The molecule has 0 saturated carbocycles. The van der Waals surface area contributed by atoms with Crippen LogP contribution < -0.4 is 15.5 Å². The van der Waals surface area contributed by atoms with E-state index in [-0.39, 0.29) is 17.5 Å². The number of sulfone groups is 1. The quantitative estimate of drug-likeness (QED) is 0.581. The number of rotatable bonds is 5. The summed E-state index contributed by atoms with van der Waals surface area (Å²) in [6.45, 7) is 2.64. The summed E-state index contributed by atoms with van der Waals surface area (Å²) in [5.74, 6) is 1.08. The van der Waals surface area contributed by atoms with Crippen LogP contribution in [0.3, 0.4) is 0 Å². The monoisotopic (exact) mass is 412 g/mol. The summed E-state index contributed by atoms with van der Waals surface area (Å²) < 4.78 is 23.2. The number of nitrogens with one attached hydrogen (secondary N) is 2. The van der Waals surface area contributed by atoms with Crippen LogP contribution in [-0.4, -0.2) is 45.5 Å². The van der Waals surface area contributed by atoms with Crippen LogP contribution in [0, 0.1) is 0 Å². The summed E-state index contributed by atoms with van der Waals surface area (Å²) in [7, 11) is -1.20. The Labute approximate surface area is 173 Å². The smallest absolute Gasteiger partial charge is 0.191 e. The molecule has 0 aromatic heterocycles. The van der Waals surface area contributed by atoms with Crippen LogP contribution in [0.25, 0.3) is 0 Å². The van der Waals surface area contributed by atoms with Crippen molar-refractivity contribution in [2.75, 3.05) is 30.0 Å². The third-order valence-corrected chi connectivity index (χ3v) is 7.40. The minimum absolute atomic E-state index is 0.0584. The third kappa shape index (κ3) is 4.90. The summed E-state index contributed by atoms with van der Waals surface area (Å²) in [4.78, 5) is 6.65. The Morgan fingerprint density at radius 3 is 2.62 bits per heavy atom. The topological polar surface area (TPSA) is 73.8 Å². The van der Waals surface area contributed by atoms with E-state index in [1.54, 1.807) is 7.05 Å². The van der Waals surface area contributed by atoms with Crippen LogP contribution in [0.2, 0.25) is 0 Å². The number of benzene rings is 2. The Balaban J connectivity index is 1.29. The average molecular weight is 413 g/mol. The molecule has 2 heterocycles. The lowest BCUT2D eigenvalue weighted by Crippen LogP contribution is -2.43. The van der Waals surface area contributed by atoms with Crippen molar-refractivity contribution in [1.82, 2.24) is 10.6 Å². The first-order valence-corrected chi connectivity index (χ1v) is 11.9. The fraction of sp³-hybridized carbons (Fsp3) is 0.409. The molecule has 0 bridgehead atoms. The van der Waals surface area contributed by atoms with E-state index >= 15 is 0 Å². The van der Waals surface area contributed by atoms with Gasteiger partial charge in [-0.3, -0.25) is 4.99 Å². The number of para-hydroxylation sites is 1. The van der Waals surface area contributed by atoms with E-state index in [4.69, 9.17) is 0 Å². The number of fused-ring (bicyclic) bond motifs is 1. The fourth-order valence-corrected chi connectivity index (χ4v) is 5.71. The highest BCUT2D eigenvalue weighted by Gasteiger charge is 2.28. The van der Waals surface area contributed by atoms with E-state index in [1.807, 2.05) is 0 Å². The lowest BCUT2D eigenvalue weighted by atomic mass is 10.1. The van der Waals surface area contributed by atoms with Gasteiger partial charge >= 0.3 is 0 Å². The number of hydrogen-bond acceptors (Lipinski definition) is 4. The van der Waals surface area contributed by atoms with Gasteiger partial charge in [-0.05, 0) is 35.6 Å². The first kappa shape index (κ1) is 19.8. The molecule has 4 rings (SSSR count). The fourth-order valence-electron chi connectivity index (χ4n) is 4.04. The predicted octanol–water partition coefficient (Wildman–Crippen LogP) is 2.10. The van der Waals surface area contributed by atoms with Crippen LogP contribution in [0.15, 0.2) is 53.5 Å². The summed E-state index contributed by atoms with van der Waals surface area (Å²) in [5.41, 5.74) is 5.24. The largest absolute Gasteiger partial charge is 0.367 e. The summed E-state index contributed by atoms with van der Waals surface area (Å²) in [6, 6.07) is 17.2. The summed E-state index contributed by atoms with van der Waals surface area (Å²) in [5, 5.41) is 6.49. The second kappa shape index (κ2) is 8.45. The number of nitrogens with zero attached hydrogens (tertiary/aromatic N) is 2. The Morgan fingerprint density at radius 1 is 1.14 bits per heavy atom. The molecule has 2 aromatic rings. The maximum absolute atomic E-state index is 11.6. The lowest BCUT2D eigenvalue weighted by molar-refractivity contribution is 0.599. The SMILES string of the molecule is CN=C(NCc1ccc(CN2CCc3ccccc32)cc1)NC1CCS(=O)(=O)C1. The molecule has 1 atom stereocenters. The van der Waals surface area contributed by atoms with Crippen molar-refractivity contribution in [1.29, 1.82) is 0 Å². The second-order valence-electron chi connectivity index (χ2n) is 7.79. The van der Waals surface area contributed by atoms with Crippen molar-refractivity contribution in [2.45, 2.75) is 32.0 Å². The van der Waals surface area contributed by atoms with Crippen LogP contribution in [-0.2, 0) is 29.3 Å². The molecular weight excluding hydrogens is 384 g/mol. The molecule has 0 aliphatic carbocycles. The third-order valence-electron chi connectivity index (χ3n) is 5.64. The van der Waals surface area contributed by atoms with Crippen molar-refractivity contribution in [2.24, 2.45) is 4.99 Å². The maximum atomic E-state index is 11.6. The molecule has 2 aliphatic rings. The first-order valence-electron chi connectivity index (χ1n) is 10.1. The van der Waals surface area contributed by atoms with Gasteiger partial charge in [-0.25, -0.2) is 8.42 Å². The van der Waals surface area contributed by atoms with Crippen molar-refractivity contribution in [3.8, 4) is 0 Å². The van der Waals surface area contributed by atoms with Gasteiger partial charge in [0.1, 0.15) is 0 Å². The Hall–Kier alpha value is -2.54. The standard InChI is InChI=1S/C22H28N4O2S/c1-23-22(25-20-11-13-29(27,28)16-20)24-14-17-6-8-18(9-7-17)15-26-12-10-19-4-2-3-5-21(19)26/h2-9,20H,10-16H2,1H3,(H2,23,24,25). The molecular formula is C22H28N4O2S. The average Bonchev–Trinajstić information content (AvgIpc) is 3.29. The Kier molecular flexibility index (Phi) is 5.76. The number of hydrogen-bond donors (Lipinski definition) is 2. The van der Waals surface area contributed by atoms with Gasteiger partial charge in [0.15, 0.2) is 15.8 Å². The molecule has 2 aliphatic heterocycles. The molecule has 0 spiro atoms. The molecule has 154 valence electrons. The normalized spacial score (nSPS) is 20.5. The van der Waals surface area contributed by atoms with Gasteiger partial charge in [-0.15, -0.1) is 0 Å². The molecule has 0 radical (unpaired) electrons. The van der Waals surface area contributed by atoms with Crippen LogP contribution >= 0.6 is 0 Å². The van der Waals surface area contributed by atoms with Gasteiger partial charge in [-0.2, -0.15) is 0 Å². The highest BCUT2D eigenvalue weighted by Crippen LogP contribution is 2.28. The van der Waals surface area contributed by atoms with E-state index in [0.29, 0.717) is 18.9 Å². The van der Waals surface area contributed by atoms with E-state index in [1.165, 1.54) is 16.8 Å². The van der Waals surface area contributed by atoms with Crippen LogP contribution in [0.1, 0.15) is 23.1 Å². The van der Waals surface area contributed by atoms with E-state index < -0.39 is 9.84 Å². The second-order valence-corrected chi connectivity index (χ2v) is 10.0. The van der Waals surface area contributed by atoms with Crippen LogP contribution in [0.4, 0.5) is 5.69 Å². The minimum Gasteiger partial charge on any atom is -0.367 e. The van der Waals surface area contributed by atoms with E-state index in [9.17, 15) is 8.42 Å². The molecule has 0 amide bonds. The Morgan fingerprint density at radius 2 is 1.90 bits per heavy atom. The molecule has 6 nitrogen and oxygen atoms in total. The molecule has 29 heavy (non-hydrogen) atoms. The highest BCUT2D eigenvalue weighted by atomic mass is 32.2. The maximum Gasteiger partial charge on any atom is 0.191 e. The van der Waals surface area contributed by atoms with Gasteiger partial charge in [0.25, 0.3) is 0 Å². The van der Waals surface area contributed by atoms with Gasteiger partial charge in [-0.1, -0.05) is 42.5 Å². The van der Waals surface area contributed by atoms with Crippen LogP contribution in [0.5, 0.6) is 0 Å². The molecule has 2 aromatic carbocycles. The summed E-state index contributed by atoms with van der Waals surface area (Å²) in [6.07, 6.45) is 1.75. The van der Waals surface area contributed by atoms with Gasteiger partial charge in [0.2, 0.25) is 0 Å². The number of guanidine groups is 1. The van der Waals surface area contributed by atoms with Gasteiger partial charge in [0, 0.05) is 38.4 Å². The molecule has 2 N–H and O–H groups in total. The van der Waals surface area contributed by atoms with Gasteiger partial charge in [0.05, 0.1) is 11.5 Å². The van der Waals surface area contributed by atoms with E-state index in [0.717, 1.165) is 25.1 Å². The highest BCUT2D eigenvalue weighted by molar-refractivity contribution is 7.91. The zero-order chi connectivity index (χ0) is 20.3. The molecule has 7 heteroatoms. The predicted molar refractivity (Wildman–Crippen MR) is 118 cm³/mol. The zero-order valence-corrected chi connectivity index (χ0v) is 17.6. The van der Waals surface area contributed by atoms with Crippen molar-refractivity contribution in [3.63, 3.8) is 0 Å². The zero-order valence-electron chi connectivity index (χ0n) is 16.8. The Bertz CT molecular complexity index is 986. The number of anilines is 1. The lowest BCUT2D eigenvalue weighted by Gasteiger charge is -2.20. The van der Waals surface area contributed by atoms with Gasteiger partial charge < -0.3 is 15.5 Å². The molecule has 1 fully saturated rings. The van der Waals surface area contributed by atoms with E-state index in [2.05, 4.69) is 69.1 Å². The minimum atomic E-state index is -2.90. The number of aliphatic imine (C=N–C) groups is 1. The van der Waals surface area contributed by atoms with Crippen molar-refractivity contribution < 1.29 is 8.42 Å². The summed E-state index contributed by atoms with van der Waals surface area (Å²) >= 11 is 0. The molecule has 1 saturated heterocycles.